The average Bonchev–Trinajstić information content (AvgIpc) is 2.78. The van der Waals surface area contributed by atoms with Crippen LogP contribution in [0.1, 0.15) is 20.8 Å². The SMILES string of the molecule is CC(C)(C)n1c(-c2ccc(Cl)cc2)cc2ccccc21. The van der Waals surface area contributed by atoms with Crippen LogP contribution in [0, 0.1) is 0 Å². The average molecular weight is 284 g/mol. The molecule has 0 fully saturated rings. The van der Waals surface area contributed by atoms with Crippen molar-refractivity contribution >= 4 is 22.5 Å². The van der Waals surface area contributed by atoms with Gasteiger partial charge in [0.1, 0.15) is 0 Å². The number of para-hydroxylation sites is 1. The number of hydrogen-bond donors (Lipinski definition) is 0. The van der Waals surface area contributed by atoms with Gasteiger partial charge in [-0.05, 0) is 50.6 Å². The van der Waals surface area contributed by atoms with Gasteiger partial charge in [-0.25, -0.2) is 0 Å². The maximum absolute atomic E-state index is 6.00. The van der Waals surface area contributed by atoms with E-state index < -0.39 is 0 Å². The molecule has 3 aromatic rings. The van der Waals surface area contributed by atoms with Gasteiger partial charge in [0.25, 0.3) is 0 Å². The lowest BCUT2D eigenvalue weighted by molar-refractivity contribution is 0.415. The molecule has 0 saturated heterocycles. The van der Waals surface area contributed by atoms with Crippen molar-refractivity contribution < 1.29 is 0 Å². The first-order valence-corrected chi connectivity index (χ1v) is 7.21. The second-order valence-corrected chi connectivity index (χ2v) is 6.54. The van der Waals surface area contributed by atoms with E-state index in [1.54, 1.807) is 0 Å². The fourth-order valence-corrected chi connectivity index (χ4v) is 2.84. The largest absolute Gasteiger partial charge is 0.335 e. The molecule has 1 nitrogen and oxygen atoms in total. The Morgan fingerprint density at radius 3 is 2.20 bits per heavy atom. The van der Waals surface area contributed by atoms with Crippen molar-refractivity contribution in [2.75, 3.05) is 0 Å². The molecule has 20 heavy (non-hydrogen) atoms. The zero-order valence-corrected chi connectivity index (χ0v) is 12.8. The van der Waals surface area contributed by atoms with Gasteiger partial charge in [0, 0.05) is 27.2 Å². The summed E-state index contributed by atoms with van der Waals surface area (Å²) in [6.45, 7) is 6.70. The summed E-state index contributed by atoms with van der Waals surface area (Å²) in [5.74, 6) is 0. The molecule has 0 atom stereocenters. The first-order chi connectivity index (χ1) is 9.47. The number of nitrogens with zero attached hydrogens (tertiary/aromatic N) is 1. The second kappa shape index (κ2) is 4.68. The summed E-state index contributed by atoms with van der Waals surface area (Å²) in [5, 5.41) is 2.04. The minimum atomic E-state index is 0.0259. The van der Waals surface area contributed by atoms with Crippen LogP contribution in [0.5, 0.6) is 0 Å². The molecule has 0 unspecified atom stereocenters. The molecule has 0 radical (unpaired) electrons. The van der Waals surface area contributed by atoms with E-state index >= 15 is 0 Å². The topological polar surface area (TPSA) is 4.93 Å². The highest BCUT2D eigenvalue weighted by atomic mass is 35.5. The molecule has 1 heterocycles. The summed E-state index contributed by atoms with van der Waals surface area (Å²) >= 11 is 6.00. The van der Waals surface area contributed by atoms with E-state index in [-0.39, 0.29) is 5.54 Å². The number of rotatable bonds is 1. The minimum absolute atomic E-state index is 0.0259. The van der Waals surface area contributed by atoms with Gasteiger partial charge in [0.2, 0.25) is 0 Å². The van der Waals surface area contributed by atoms with Gasteiger partial charge in [-0.2, -0.15) is 0 Å². The molecule has 0 aliphatic carbocycles. The molecular formula is C18H18ClN. The molecule has 2 heteroatoms. The second-order valence-electron chi connectivity index (χ2n) is 6.10. The third-order valence-corrected chi connectivity index (χ3v) is 3.77. The molecule has 0 spiro atoms. The fourth-order valence-electron chi connectivity index (χ4n) is 2.71. The molecule has 0 aliphatic heterocycles. The van der Waals surface area contributed by atoms with Crippen LogP contribution in [0.3, 0.4) is 0 Å². The number of aromatic nitrogens is 1. The van der Waals surface area contributed by atoms with Crippen molar-refractivity contribution in [1.29, 1.82) is 0 Å². The van der Waals surface area contributed by atoms with Crippen LogP contribution in [-0.2, 0) is 5.54 Å². The maximum Gasteiger partial charge on any atom is 0.0496 e. The van der Waals surface area contributed by atoms with E-state index in [1.165, 1.54) is 22.2 Å². The lowest BCUT2D eigenvalue weighted by atomic mass is 10.1. The third-order valence-electron chi connectivity index (χ3n) is 3.52. The van der Waals surface area contributed by atoms with Crippen molar-refractivity contribution in [2.24, 2.45) is 0 Å². The summed E-state index contributed by atoms with van der Waals surface area (Å²) in [4.78, 5) is 0. The van der Waals surface area contributed by atoms with Gasteiger partial charge in [0.15, 0.2) is 0 Å². The molecule has 2 aromatic carbocycles. The Hall–Kier alpha value is -1.73. The molecule has 1 aromatic heterocycles. The predicted molar refractivity (Wildman–Crippen MR) is 87.4 cm³/mol. The summed E-state index contributed by atoms with van der Waals surface area (Å²) in [5.41, 5.74) is 3.72. The normalized spacial score (nSPS) is 12.0. The zero-order chi connectivity index (χ0) is 14.3. The van der Waals surface area contributed by atoms with Crippen LogP contribution in [0.25, 0.3) is 22.2 Å². The van der Waals surface area contributed by atoms with E-state index in [0.29, 0.717) is 0 Å². The monoisotopic (exact) mass is 283 g/mol. The van der Waals surface area contributed by atoms with E-state index in [1.807, 2.05) is 12.1 Å². The molecular weight excluding hydrogens is 266 g/mol. The highest BCUT2D eigenvalue weighted by Gasteiger charge is 2.20. The van der Waals surface area contributed by atoms with Crippen LogP contribution in [0.15, 0.2) is 54.6 Å². The Morgan fingerprint density at radius 1 is 0.900 bits per heavy atom. The number of benzene rings is 2. The van der Waals surface area contributed by atoms with Crippen molar-refractivity contribution in [1.82, 2.24) is 4.57 Å². The smallest absolute Gasteiger partial charge is 0.0496 e. The molecule has 102 valence electrons. The van der Waals surface area contributed by atoms with Crippen molar-refractivity contribution in [3.05, 3.63) is 59.6 Å². The maximum atomic E-state index is 6.00. The molecule has 3 rings (SSSR count). The standard InChI is InChI=1S/C18H18ClN/c1-18(2,3)20-16-7-5-4-6-14(16)12-17(20)13-8-10-15(19)11-9-13/h4-12H,1-3H3. The highest BCUT2D eigenvalue weighted by molar-refractivity contribution is 6.30. The minimum Gasteiger partial charge on any atom is -0.335 e. The number of fused-ring (bicyclic) bond motifs is 1. The number of hydrogen-bond acceptors (Lipinski definition) is 0. The molecule has 0 bridgehead atoms. The van der Waals surface area contributed by atoms with Crippen LogP contribution in [-0.4, -0.2) is 4.57 Å². The van der Waals surface area contributed by atoms with E-state index in [2.05, 4.69) is 67.8 Å². The van der Waals surface area contributed by atoms with Gasteiger partial charge in [0.05, 0.1) is 0 Å². The van der Waals surface area contributed by atoms with Crippen molar-refractivity contribution in [2.45, 2.75) is 26.3 Å². The first kappa shape index (κ1) is 13.3. The molecule has 0 aliphatic rings. The van der Waals surface area contributed by atoms with Gasteiger partial charge >= 0.3 is 0 Å². The Balaban J connectivity index is 2.32. The van der Waals surface area contributed by atoms with Crippen LogP contribution in [0.4, 0.5) is 0 Å². The van der Waals surface area contributed by atoms with Crippen LogP contribution < -0.4 is 0 Å². The van der Waals surface area contributed by atoms with Gasteiger partial charge in [-0.1, -0.05) is 41.9 Å². The predicted octanol–water partition coefficient (Wildman–Crippen LogP) is 5.72. The first-order valence-electron chi connectivity index (χ1n) is 6.84. The molecule has 0 saturated carbocycles. The summed E-state index contributed by atoms with van der Waals surface area (Å²) in [6.07, 6.45) is 0. The lowest BCUT2D eigenvalue weighted by Crippen LogP contribution is -2.22. The summed E-state index contributed by atoms with van der Waals surface area (Å²) in [6, 6.07) is 18.8. The fraction of sp³-hybridized carbons (Fsp3) is 0.222. The summed E-state index contributed by atoms with van der Waals surface area (Å²) in [7, 11) is 0. The van der Waals surface area contributed by atoms with E-state index in [4.69, 9.17) is 11.6 Å². The van der Waals surface area contributed by atoms with E-state index in [0.717, 1.165) is 5.02 Å². The molecule has 0 amide bonds. The Labute approximate surface area is 124 Å². The molecule has 0 N–H and O–H groups in total. The highest BCUT2D eigenvalue weighted by Crippen LogP contribution is 2.34. The van der Waals surface area contributed by atoms with Crippen molar-refractivity contribution in [3.8, 4) is 11.3 Å². The van der Waals surface area contributed by atoms with Crippen molar-refractivity contribution in [3.63, 3.8) is 0 Å². The Kier molecular flexibility index (Phi) is 3.10. The summed E-state index contributed by atoms with van der Waals surface area (Å²) < 4.78 is 2.39. The van der Waals surface area contributed by atoms with Gasteiger partial charge < -0.3 is 4.57 Å². The quantitative estimate of drug-likeness (QED) is 0.538. The third kappa shape index (κ3) is 2.23. The van der Waals surface area contributed by atoms with Gasteiger partial charge in [-0.3, -0.25) is 0 Å². The Bertz CT molecular complexity index is 745. The lowest BCUT2D eigenvalue weighted by Gasteiger charge is -2.26. The number of halogens is 1. The van der Waals surface area contributed by atoms with E-state index in [9.17, 15) is 0 Å². The Morgan fingerprint density at radius 2 is 1.55 bits per heavy atom. The zero-order valence-electron chi connectivity index (χ0n) is 12.0. The van der Waals surface area contributed by atoms with Crippen LogP contribution >= 0.6 is 11.6 Å². The van der Waals surface area contributed by atoms with Gasteiger partial charge in [-0.15, -0.1) is 0 Å². The van der Waals surface area contributed by atoms with Crippen LogP contribution in [0.2, 0.25) is 5.02 Å².